The summed E-state index contributed by atoms with van der Waals surface area (Å²) in [6.45, 7) is 2.44. The fourth-order valence-electron chi connectivity index (χ4n) is 4.90. The number of carbonyl (C=O) groups is 2. The van der Waals surface area contributed by atoms with Crippen molar-refractivity contribution >= 4 is 40.1 Å². The zero-order valence-corrected chi connectivity index (χ0v) is 18.8. The second-order valence-corrected chi connectivity index (χ2v) is 9.16. The first-order chi connectivity index (χ1) is 15.6. The van der Waals surface area contributed by atoms with Gasteiger partial charge in [0, 0.05) is 42.7 Å². The van der Waals surface area contributed by atoms with E-state index in [0.717, 1.165) is 48.5 Å². The standard InChI is InChI=1S/C25H27ClN4O2/c26-19-8-7-9-20(15-19)29-16-18(14-23(29)31)25-27-21-10-3-4-11-22(21)30(25)17-24(32)28-12-5-1-2-6-13-28/h3-4,7-11,15,18H,1-2,5-6,12-14,16-17H2. The zero-order chi connectivity index (χ0) is 22.1. The number of halogens is 1. The first-order valence-corrected chi connectivity index (χ1v) is 11.8. The molecular formula is C25H27ClN4O2. The monoisotopic (exact) mass is 450 g/mol. The molecule has 0 saturated carbocycles. The molecule has 2 amide bonds. The van der Waals surface area contributed by atoms with Crippen LogP contribution in [0.5, 0.6) is 0 Å². The molecule has 7 heteroatoms. The molecule has 0 spiro atoms. The van der Waals surface area contributed by atoms with Crippen LogP contribution in [0, 0.1) is 0 Å². The lowest BCUT2D eigenvalue weighted by Crippen LogP contribution is -2.35. The molecule has 0 bridgehead atoms. The van der Waals surface area contributed by atoms with E-state index in [1.165, 1.54) is 12.8 Å². The third-order valence-electron chi connectivity index (χ3n) is 6.55. The van der Waals surface area contributed by atoms with E-state index in [1.807, 2.05) is 51.9 Å². The number of imidazole rings is 1. The van der Waals surface area contributed by atoms with Crippen LogP contribution >= 0.6 is 11.6 Å². The molecule has 6 nitrogen and oxygen atoms in total. The summed E-state index contributed by atoms with van der Waals surface area (Å²) in [4.78, 5) is 34.7. The predicted octanol–water partition coefficient (Wildman–Crippen LogP) is 4.61. The van der Waals surface area contributed by atoms with Crippen LogP contribution in [0.4, 0.5) is 5.69 Å². The maximum atomic E-state index is 13.2. The Bertz CT molecular complexity index is 1150. The molecule has 1 atom stereocenters. The number of likely N-dealkylation sites (tertiary alicyclic amines) is 1. The normalized spacial score (nSPS) is 19.5. The highest BCUT2D eigenvalue weighted by molar-refractivity contribution is 6.30. The number of anilines is 1. The number of carbonyl (C=O) groups excluding carboxylic acids is 2. The Hall–Kier alpha value is -2.86. The molecule has 3 heterocycles. The van der Waals surface area contributed by atoms with Gasteiger partial charge in [-0.3, -0.25) is 9.59 Å². The summed E-state index contributed by atoms with van der Waals surface area (Å²) in [7, 11) is 0. The van der Waals surface area contributed by atoms with Gasteiger partial charge in [-0.15, -0.1) is 0 Å². The molecule has 0 N–H and O–H groups in total. The molecule has 0 radical (unpaired) electrons. The maximum Gasteiger partial charge on any atom is 0.242 e. The van der Waals surface area contributed by atoms with Gasteiger partial charge in [0.15, 0.2) is 0 Å². The van der Waals surface area contributed by atoms with Gasteiger partial charge in [-0.2, -0.15) is 0 Å². The van der Waals surface area contributed by atoms with Gasteiger partial charge in [-0.05, 0) is 43.2 Å². The van der Waals surface area contributed by atoms with Crippen molar-refractivity contribution in [1.82, 2.24) is 14.5 Å². The Balaban J connectivity index is 1.45. The van der Waals surface area contributed by atoms with Crippen molar-refractivity contribution in [1.29, 1.82) is 0 Å². The molecule has 2 aliphatic heterocycles. The van der Waals surface area contributed by atoms with Crippen LogP contribution in [0.15, 0.2) is 48.5 Å². The molecule has 0 aliphatic carbocycles. The molecule has 3 aromatic rings. The molecule has 32 heavy (non-hydrogen) atoms. The van der Waals surface area contributed by atoms with E-state index >= 15 is 0 Å². The molecule has 1 aromatic heterocycles. The molecule has 166 valence electrons. The average Bonchev–Trinajstić information content (AvgIpc) is 3.22. The Labute approximate surface area is 192 Å². The highest BCUT2D eigenvalue weighted by atomic mass is 35.5. The van der Waals surface area contributed by atoms with Gasteiger partial charge in [0.1, 0.15) is 12.4 Å². The van der Waals surface area contributed by atoms with E-state index in [4.69, 9.17) is 16.6 Å². The fraction of sp³-hybridized carbons (Fsp3) is 0.400. The van der Waals surface area contributed by atoms with Gasteiger partial charge < -0.3 is 14.4 Å². The Morgan fingerprint density at radius 3 is 2.59 bits per heavy atom. The van der Waals surface area contributed by atoms with Crippen LogP contribution < -0.4 is 4.90 Å². The smallest absolute Gasteiger partial charge is 0.242 e. The molecule has 2 aromatic carbocycles. The van der Waals surface area contributed by atoms with E-state index in [1.54, 1.807) is 11.0 Å². The topological polar surface area (TPSA) is 58.4 Å². The fourth-order valence-corrected chi connectivity index (χ4v) is 5.09. The molecule has 2 aliphatic rings. The minimum atomic E-state index is -0.0779. The van der Waals surface area contributed by atoms with E-state index in [0.29, 0.717) is 18.0 Å². The lowest BCUT2D eigenvalue weighted by molar-refractivity contribution is -0.131. The van der Waals surface area contributed by atoms with Crippen LogP contribution in [-0.2, 0) is 16.1 Å². The van der Waals surface area contributed by atoms with Crippen molar-refractivity contribution in [2.75, 3.05) is 24.5 Å². The van der Waals surface area contributed by atoms with Crippen molar-refractivity contribution in [3.63, 3.8) is 0 Å². The van der Waals surface area contributed by atoms with E-state index in [-0.39, 0.29) is 24.3 Å². The number of rotatable bonds is 4. The van der Waals surface area contributed by atoms with E-state index < -0.39 is 0 Å². The van der Waals surface area contributed by atoms with E-state index in [2.05, 4.69) is 0 Å². The Morgan fingerprint density at radius 1 is 1.03 bits per heavy atom. The molecule has 1 unspecified atom stereocenters. The van der Waals surface area contributed by atoms with Gasteiger partial charge in [-0.1, -0.05) is 42.6 Å². The summed E-state index contributed by atoms with van der Waals surface area (Å²) >= 11 is 6.15. The Kier molecular flexibility index (Phi) is 5.87. The molecule has 2 fully saturated rings. The molecule has 5 rings (SSSR count). The van der Waals surface area contributed by atoms with E-state index in [9.17, 15) is 9.59 Å². The van der Waals surface area contributed by atoms with Gasteiger partial charge in [-0.25, -0.2) is 4.98 Å². The summed E-state index contributed by atoms with van der Waals surface area (Å²) in [5, 5.41) is 0.606. The van der Waals surface area contributed by atoms with Gasteiger partial charge in [0.05, 0.1) is 11.0 Å². The third-order valence-corrected chi connectivity index (χ3v) is 6.78. The number of amides is 2. The van der Waals surface area contributed by atoms with Crippen LogP contribution in [0.3, 0.4) is 0 Å². The highest BCUT2D eigenvalue weighted by Gasteiger charge is 2.35. The largest absolute Gasteiger partial charge is 0.341 e. The first-order valence-electron chi connectivity index (χ1n) is 11.4. The summed E-state index contributed by atoms with van der Waals surface area (Å²) in [6.07, 6.45) is 4.87. The van der Waals surface area contributed by atoms with Gasteiger partial charge in [0.25, 0.3) is 0 Å². The average molecular weight is 451 g/mol. The number of hydrogen-bond donors (Lipinski definition) is 0. The number of fused-ring (bicyclic) bond motifs is 1. The Morgan fingerprint density at radius 2 is 1.81 bits per heavy atom. The number of benzene rings is 2. The second kappa shape index (κ2) is 8.94. The van der Waals surface area contributed by atoms with Crippen molar-refractivity contribution in [3.8, 4) is 0 Å². The van der Waals surface area contributed by atoms with Crippen molar-refractivity contribution < 1.29 is 9.59 Å². The van der Waals surface area contributed by atoms with Crippen LogP contribution in [-0.4, -0.2) is 45.9 Å². The summed E-state index contributed by atoms with van der Waals surface area (Å²) < 4.78 is 2.03. The maximum absolute atomic E-state index is 13.2. The third kappa shape index (κ3) is 4.11. The predicted molar refractivity (Wildman–Crippen MR) is 126 cm³/mol. The quantitative estimate of drug-likeness (QED) is 0.583. The highest BCUT2D eigenvalue weighted by Crippen LogP contribution is 2.34. The van der Waals surface area contributed by atoms with Gasteiger partial charge in [0.2, 0.25) is 11.8 Å². The second-order valence-electron chi connectivity index (χ2n) is 8.73. The molecular weight excluding hydrogens is 424 g/mol. The summed E-state index contributed by atoms with van der Waals surface area (Å²) in [5.74, 6) is 0.917. The molecule has 2 saturated heterocycles. The number of aromatic nitrogens is 2. The van der Waals surface area contributed by atoms with Crippen LogP contribution in [0.2, 0.25) is 5.02 Å². The minimum Gasteiger partial charge on any atom is -0.341 e. The van der Waals surface area contributed by atoms with Crippen molar-refractivity contribution in [3.05, 3.63) is 59.4 Å². The number of hydrogen-bond acceptors (Lipinski definition) is 3. The SMILES string of the molecule is O=C(Cn1c(C2CC(=O)N(c3cccc(Cl)c3)C2)nc2ccccc21)N1CCCCCC1. The lowest BCUT2D eigenvalue weighted by Gasteiger charge is -2.22. The lowest BCUT2D eigenvalue weighted by atomic mass is 10.1. The number of nitrogens with zero attached hydrogens (tertiary/aromatic N) is 4. The van der Waals surface area contributed by atoms with Crippen molar-refractivity contribution in [2.45, 2.75) is 44.6 Å². The summed E-state index contributed by atoms with van der Waals surface area (Å²) in [6, 6.07) is 15.3. The van der Waals surface area contributed by atoms with Crippen LogP contribution in [0.25, 0.3) is 11.0 Å². The van der Waals surface area contributed by atoms with Crippen LogP contribution in [0.1, 0.15) is 43.8 Å². The van der Waals surface area contributed by atoms with Gasteiger partial charge >= 0.3 is 0 Å². The van der Waals surface area contributed by atoms with Crippen molar-refractivity contribution in [2.24, 2.45) is 0 Å². The summed E-state index contributed by atoms with van der Waals surface area (Å²) in [5.41, 5.74) is 2.60. The minimum absolute atomic E-state index is 0.0507. The first kappa shape index (κ1) is 21.0. The number of para-hydroxylation sites is 2. The zero-order valence-electron chi connectivity index (χ0n) is 18.0.